The van der Waals surface area contributed by atoms with Crippen LogP contribution in [0.4, 0.5) is 0 Å². The lowest BCUT2D eigenvalue weighted by Gasteiger charge is -2.28. The van der Waals surface area contributed by atoms with Gasteiger partial charge in [0.25, 0.3) is 5.91 Å². The molecule has 0 aliphatic heterocycles. The standard InChI is InChI=1S/C22H20ClN3O/c1-22(2)11-14-5-4-13(12-24)8-17(14)20(22)25-21(27)19-10-15-9-16(23)6-7-18(15)26(19)3/h4-10,20H,11H2,1-3H3,(H,25,27). The fourth-order valence-electron chi connectivity index (χ4n) is 4.12. The number of fused-ring (bicyclic) bond motifs is 2. The number of rotatable bonds is 2. The average molecular weight is 378 g/mol. The molecule has 3 aromatic rings. The third-order valence-corrected chi connectivity index (χ3v) is 5.76. The molecule has 0 saturated heterocycles. The van der Waals surface area contributed by atoms with Crippen LogP contribution in [0.25, 0.3) is 10.9 Å². The van der Waals surface area contributed by atoms with Crippen LogP contribution in [0.15, 0.2) is 42.5 Å². The molecule has 1 atom stereocenters. The van der Waals surface area contributed by atoms with Gasteiger partial charge in [-0.2, -0.15) is 5.26 Å². The van der Waals surface area contributed by atoms with Crippen molar-refractivity contribution in [2.75, 3.05) is 0 Å². The quantitative estimate of drug-likeness (QED) is 0.700. The Kier molecular flexibility index (Phi) is 4.01. The smallest absolute Gasteiger partial charge is 0.268 e. The number of halogens is 1. The molecule has 0 spiro atoms. The van der Waals surface area contributed by atoms with E-state index in [9.17, 15) is 10.1 Å². The van der Waals surface area contributed by atoms with Crippen molar-refractivity contribution in [1.29, 1.82) is 5.26 Å². The number of aryl methyl sites for hydroxylation is 1. The van der Waals surface area contributed by atoms with E-state index < -0.39 is 0 Å². The summed E-state index contributed by atoms with van der Waals surface area (Å²) < 4.78 is 1.88. The van der Waals surface area contributed by atoms with Gasteiger partial charge in [0.05, 0.1) is 17.7 Å². The molecule has 0 fully saturated rings. The molecule has 0 saturated carbocycles. The van der Waals surface area contributed by atoms with E-state index in [-0.39, 0.29) is 17.4 Å². The maximum atomic E-state index is 13.1. The number of aromatic nitrogens is 1. The van der Waals surface area contributed by atoms with E-state index >= 15 is 0 Å². The van der Waals surface area contributed by atoms with Crippen molar-refractivity contribution in [3.05, 3.63) is 69.9 Å². The highest BCUT2D eigenvalue weighted by molar-refractivity contribution is 6.31. The molecule has 1 amide bonds. The van der Waals surface area contributed by atoms with Crippen LogP contribution in [0, 0.1) is 16.7 Å². The molecule has 1 aliphatic carbocycles. The van der Waals surface area contributed by atoms with Gasteiger partial charge in [-0.3, -0.25) is 4.79 Å². The first kappa shape index (κ1) is 17.6. The van der Waals surface area contributed by atoms with Crippen LogP contribution in [-0.2, 0) is 13.5 Å². The lowest BCUT2D eigenvalue weighted by molar-refractivity contribution is 0.0895. The molecule has 1 heterocycles. The Balaban J connectivity index is 1.71. The van der Waals surface area contributed by atoms with Gasteiger partial charge in [0.1, 0.15) is 5.69 Å². The number of amides is 1. The molecule has 0 bridgehead atoms. The van der Waals surface area contributed by atoms with Crippen LogP contribution in [0.3, 0.4) is 0 Å². The van der Waals surface area contributed by atoms with Gasteiger partial charge in [-0.1, -0.05) is 31.5 Å². The van der Waals surface area contributed by atoms with Gasteiger partial charge in [-0.05, 0) is 59.4 Å². The van der Waals surface area contributed by atoms with Gasteiger partial charge in [0.15, 0.2) is 0 Å². The number of benzene rings is 2. The summed E-state index contributed by atoms with van der Waals surface area (Å²) in [5.41, 5.74) is 4.27. The predicted molar refractivity (Wildman–Crippen MR) is 107 cm³/mol. The number of carbonyl (C=O) groups excluding carboxylic acids is 1. The zero-order valence-corrected chi connectivity index (χ0v) is 16.3. The summed E-state index contributed by atoms with van der Waals surface area (Å²) in [4.78, 5) is 13.1. The van der Waals surface area contributed by atoms with Crippen molar-refractivity contribution in [2.45, 2.75) is 26.3 Å². The van der Waals surface area contributed by atoms with E-state index in [1.807, 2.05) is 54.1 Å². The molecule has 1 N–H and O–H groups in total. The van der Waals surface area contributed by atoms with Crippen LogP contribution < -0.4 is 5.32 Å². The highest BCUT2D eigenvalue weighted by Crippen LogP contribution is 2.45. The SMILES string of the molecule is Cn1c(C(=O)NC2c3cc(C#N)ccc3CC2(C)C)cc2cc(Cl)ccc21. The Bertz CT molecular complexity index is 1120. The average Bonchev–Trinajstić information content (AvgIpc) is 3.08. The number of hydrogen-bond donors (Lipinski definition) is 1. The molecule has 5 heteroatoms. The van der Waals surface area contributed by atoms with E-state index in [4.69, 9.17) is 11.6 Å². The van der Waals surface area contributed by atoms with Crippen molar-refractivity contribution in [2.24, 2.45) is 12.5 Å². The third kappa shape index (κ3) is 2.89. The van der Waals surface area contributed by atoms with Gasteiger partial charge in [0, 0.05) is 23.0 Å². The summed E-state index contributed by atoms with van der Waals surface area (Å²) in [6.07, 6.45) is 0.865. The Hall–Kier alpha value is -2.77. The number of nitrogens with zero attached hydrogens (tertiary/aromatic N) is 2. The molecule has 136 valence electrons. The molecule has 1 aliphatic rings. The molecule has 1 aromatic heterocycles. The Morgan fingerprint density at radius 2 is 2.04 bits per heavy atom. The molecule has 4 rings (SSSR count). The summed E-state index contributed by atoms with van der Waals surface area (Å²) in [6.45, 7) is 4.29. The number of nitriles is 1. The maximum Gasteiger partial charge on any atom is 0.268 e. The van der Waals surface area contributed by atoms with Gasteiger partial charge < -0.3 is 9.88 Å². The first-order chi connectivity index (χ1) is 12.8. The van der Waals surface area contributed by atoms with Crippen molar-refractivity contribution < 1.29 is 4.79 Å². The molecule has 27 heavy (non-hydrogen) atoms. The minimum atomic E-state index is -0.144. The van der Waals surface area contributed by atoms with Gasteiger partial charge in [-0.25, -0.2) is 0 Å². The van der Waals surface area contributed by atoms with Crippen molar-refractivity contribution in [1.82, 2.24) is 9.88 Å². The number of carbonyl (C=O) groups is 1. The van der Waals surface area contributed by atoms with Crippen LogP contribution in [0.2, 0.25) is 5.02 Å². The molecular formula is C22H20ClN3O. The second-order valence-electron chi connectivity index (χ2n) is 7.89. The second kappa shape index (κ2) is 6.14. The largest absolute Gasteiger partial charge is 0.343 e. The Morgan fingerprint density at radius 1 is 1.26 bits per heavy atom. The molecule has 2 aromatic carbocycles. The molecule has 1 unspecified atom stereocenters. The highest BCUT2D eigenvalue weighted by atomic mass is 35.5. The molecular weight excluding hydrogens is 358 g/mol. The monoisotopic (exact) mass is 377 g/mol. The fourth-order valence-corrected chi connectivity index (χ4v) is 4.30. The normalized spacial score (nSPS) is 17.5. The first-order valence-corrected chi connectivity index (χ1v) is 9.27. The Labute approximate surface area is 163 Å². The molecule has 4 nitrogen and oxygen atoms in total. The summed E-state index contributed by atoms with van der Waals surface area (Å²) in [5, 5.41) is 14.0. The Morgan fingerprint density at radius 3 is 2.78 bits per heavy atom. The van der Waals surface area contributed by atoms with Crippen LogP contribution >= 0.6 is 11.6 Å². The topological polar surface area (TPSA) is 57.8 Å². The van der Waals surface area contributed by atoms with Crippen molar-refractivity contribution in [3.63, 3.8) is 0 Å². The van der Waals surface area contributed by atoms with Gasteiger partial charge >= 0.3 is 0 Å². The third-order valence-electron chi connectivity index (χ3n) is 5.53. The van der Waals surface area contributed by atoms with Crippen LogP contribution in [0.1, 0.15) is 47.1 Å². The lowest BCUT2D eigenvalue weighted by atomic mass is 9.85. The van der Waals surface area contributed by atoms with E-state index in [2.05, 4.69) is 25.2 Å². The van der Waals surface area contributed by atoms with Crippen LogP contribution in [-0.4, -0.2) is 10.5 Å². The van der Waals surface area contributed by atoms with E-state index in [0.717, 1.165) is 22.9 Å². The zero-order chi connectivity index (χ0) is 19.3. The van der Waals surface area contributed by atoms with Crippen molar-refractivity contribution >= 4 is 28.4 Å². The maximum absolute atomic E-state index is 13.1. The van der Waals surface area contributed by atoms with Crippen LogP contribution in [0.5, 0.6) is 0 Å². The van der Waals surface area contributed by atoms with E-state index in [0.29, 0.717) is 16.3 Å². The van der Waals surface area contributed by atoms with Gasteiger partial charge in [0.2, 0.25) is 0 Å². The summed E-state index contributed by atoms with van der Waals surface area (Å²) in [5.74, 6) is -0.127. The second-order valence-corrected chi connectivity index (χ2v) is 8.33. The number of hydrogen-bond acceptors (Lipinski definition) is 2. The van der Waals surface area contributed by atoms with Gasteiger partial charge in [-0.15, -0.1) is 0 Å². The predicted octanol–water partition coefficient (Wildman–Crippen LogP) is 4.76. The molecule has 0 radical (unpaired) electrons. The zero-order valence-electron chi connectivity index (χ0n) is 15.5. The number of nitrogens with one attached hydrogen (secondary N) is 1. The lowest BCUT2D eigenvalue weighted by Crippen LogP contribution is -2.36. The van der Waals surface area contributed by atoms with E-state index in [1.54, 1.807) is 0 Å². The highest BCUT2D eigenvalue weighted by Gasteiger charge is 2.40. The minimum absolute atomic E-state index is 0.125. The van der Waals surface area contributed by atoms with E-state index in [1.165, 1.54) is 5.56 Å². The summed E-state index contributed by atoms with van der Waals surface area (Å²) >= 11 is 6.08. The van der Waals surface area contributed by atoms with Crippen molar-refractivity contribution in [3.8, 4) is 6.07 Å². The minimum Gasteiger partial charge on any atom is -0.343 e. The first-order valence-electron chi connectivity index (χ1n) is 8.89. The fraction of sp³-hybridized carbons (Fsp3) is 0.273. The summed E-state index contributed by atoms with van der Waals surface area (Å²) in [7, 11) is 1.88. The summed E-state index contributed by atoms with van der Waals surface area (Å²) in [6, 6.07) is 15.3.